The number of ether oxygens (including phenoxy) is 3. The van der Waals surface area contributed by atoms with Crippen molar-refractivity contribution in [2.75, 3.05) is 29.5 Å². The summed E-state index contributed by atoms with van der Waals surface area (Å²) in [5.41, 5.74) is 14.5. The number of benzene rings is 2. The van der Waals surface area contributed by atoms with Gasteiger partial charge in [-0.3, -0.25) is 19.2 Å². The van der Waals surface area contributed by atoms with Gasteiger partial charge in [0.1, 0.15) is 47.2 Å². The number of esters is 3. The van der Waals surface area contributed by atoms with Crippen molar-refractivity contribution in [3.63, 3.8) is 0 Å². The van der Waals surface area contributed by atoms with Gasteiger partial charge >= 0.3 is 156 Å². The molecule has 3 aromatic heterocycles. The van der Waals surface area contributed by atoms with Crippen LogP contribution in [-0.2, 0) is 46.7 Å². The zero-order valence-electron chi connectivity index (χ0n) is 37.8. The summed E-state index contributed by atoms with van der Waals surface area (Å²) >= 11 is 12.3. The number of nitrogen functional groups attached to an aromatic ring is 2. The zero-order chi connectivity index (χ0) is 45.7. The van der Waals surface area contributed by atoms with Gasteiger partial charge in [-0.25, -0.2) is 14.8 Å². The van der Waals surface area contributed by atoms with E-state index in [1.54, 1.807) is 17.9 Å². The van der Waals surface area contributed by atoms with Crippen LogP contribution in [-0.4, -0.2) is 74.4 Å². The molecule has 5 aromatic rings. The smallest absolute Gasteiger partial charge is 1.00 e. The summed E-state index contributed by atoms with van der Waals surface area (Å²) < 4.78 is 17.3. The molecular weight excluding hydrogens is 1130 g/mol. The van der Waals surface area contributed by atoms with Crippen LogP contribution in [0.1, 0.15) is 105 Å². The minimum Gasteiger partial charge on any atom is -1.00 e. The molecule has 7 rings (SSSR count). The molecule has 0 saturated heterocycles. The Morgan fingerprint density at radius 3 is 1.85 bits per heavy atom. The molecule has 2 saturated carbocycles. The topological polar surface area (TPSA) is 257 Å². The Morgan fingerprint density at radius 2 is 1.34 bits per heavy atom. The molecule has 0 spiro atoms. The van der Waals surface area contributed by atoms with Gasteiger partial charge in [0.25, 0.3) is 6.47 Å². The number of nitrogens with zero attached hydrogens (tertiary/aromatic N) is 6. The monoisotopic (exact) mass is 1170 g/mol. The Bertz CT molecular complexity index is 2290. The van der Waals surface area contributed by atoms with Gasteiger partial charge in [0, 0.05) is 19.0 Å². The first-order valence-electron chi connectivity index (χ1n) is 20.1. The number of fused-ring (bicyclic) bond motifs is 1. The Hall–Kier alpha value is -2.27. The predicted molar refractivity (Wildman–Crippen MR) is 233 cm³/mol. The van der Waals surface area contributed by atoms with E-state index in [-0.39, 0.29) is 217 Å². The first-order chi connectivity index (χ1) is 30.4. The first kappa shape index (κ1) is 58.9. The molecule has 2 aliphatic carbocycles. The van der Waals surface area contributed by atoms with Crippen molar-refractivity contribution in [1.29, 1.82) is 0 Å². The number of hydrogen-bond donors (Lipinski definition) is 2. The second-order valence-electron chi connectivity index (χ2n) is 14.1. The standard InChI is InChI=1S/C19H21ClN4O3.C19H19ClN4O2.C4H8O2.CH2O3.2Cs.H/c20-17-15(11-25)18(23-19(21)22-17)24(14-8-4-5-9-14)10-16(26)27-12-13-6-2-1-3-7-13;20-16-14-10-15(18(25)26-11-12-6-2-1-3-7-12)24(13-8-4-5-9-13)17(14)23-19(21)22-16;1-3-6-4(2)5;2-1-4-3;;;/h1-3,6-7,11,14H,4-5,8-10,12H2,(H2,21,22,23);1-3,6-7,10,13H,4-5,8-9,11H2,(H2,21,22,23);3H2,1-2H3;1,3H;;;/q;;;;2*+1;-1/p-1. The molecule has 2 aromatic carbocycles. The molecule has 0 atom stereocenters. The Kier molecular flexibility index (Phi) is 28.7. The van der Waals surface area contributed by atoms with Crippen molar-refractivity contribution < 1.29 is 188 Å². The summed E-state index contributed by atoms with van der Waals surface area (Å²) in [6.45, 7) is 3.84. The average Bonchev–Trinajstić information content (AvgIpc) is 4.08. The Balaban J connectivity index is 0.000000528. The molecule has 0 bridgehead atoms. The summed E-state index contributed by atoms with van der Waals surface area (Å²) in [4.78, 5) is 76.0. The third-order valence-corrected chi connectivity index (χ3v) is 10.3. The minimum absolute atomic E-state index is 0. The first-order valence-corrected chi connectivity index (χ1v) is 20.8. The minimum atomic E-state index is -0.407. The Labute approximate surface area is 505 Å². The maximum atomic E-state index is 12.8. The summed E-state index contributed by atoms with van der Waals surface area (Å²) in [6.07, 6.45) is 8.70. The number of anilines is 3. The fraction of sp³-hybridized carbons (Fsp3) is 0.372. The molecule has 2 fully saturated rings. The van der Waals surface area contributed by atoms with Gasteiger partial charge in [0.2, 0.25) is 11.9 Å². The SMILES string of the molecule is CCOC(C)=O.Nc1nc(Cl)c(C=O)c(N(CC(=O)OCc2ccccc2)C2CCCC2)n1.Nc1nc(Cl)c2cc(C(=O)OCc3ccccc3)n(C3CCCC3)c2n1.O=CO[O-].[Cs+].[Cs+].[H-]. The van der Waals surface area contributed by atoms with Gasteiger partial charge in [0.05, 0.1) is 17.6 Å². The zero-order valence-corrected chi connectivity index (χ0v) is 50.9. The van der Waals surface area contributed by atoms with Gasteiger partial charge in [0.15, 0.2) is 6.29 Å². The Morgan fingerprint density at radius 1 is 0.815 bits per heavy atom. The van der Waals surface area contributed by atoms with Crippen molar-refractivity contribution in [3.8, 4) is 0 Å². The van der Waals surface area contributed by atoms with E-state index >= 15 is 0 Å². The largest absolute Gasteiger partial charge is 1.00 e. The maximum Gasteiger partial charge on any atom is 1.00 e. The molecule has 338 valence electrons. The van der Waals surface area contributed by atoms with E-state index in [0.29, 0.717) is 29.6 Å². The number of aromatic nitrogens is 5. The van der Waals surface area contributed by atoms with Crippen molar-refractivity contribution >= 4 is 82.6 Å². The van der Waals surface area contributed by atoms with Crippen LogP contribution in [0.3, 0.4) is 0 Å². The number of nitrogens with two attached hydrogens (primary N) is 2. The number of halogens is 2. The number of carbonyl (C=O) groups excluding carboxylic acids is 5. The van der Waals surface area contributed by atoms with Crippen molar-refractivity contribution in [2.45, 2.75) is 90.5 Å². The molecule has 0 radical (unpaired) electrons. The molecule has 0 unspecified atom stereocenters. The van der Waals surface area contributed by atoms with Crippen LogP contribution in [0.15, 0.2) is 66.7 Å². The van der Waals surface area contributed by atoms with Gasteiger partial charge in [-0.1, -0.05) is 110 Å². The normalized spacial score (nSPS) is 12.8. The molecule has 18 nitrogen and oxygen atoms in total. The van der Waals surface area contributed by atoms with E-state index in [0.717, 1.165) is 62.5 Å². The maximum absolute atomic E-state index is 12.8. The number of carbonyl (C=O) groups is 5. The molecule has 22 heteroatoms. The van der Waals surface area contributed by atoms with Crippen molar-refractivity contribution in [2.24, 2.45) is 0 Å². The van der Waals surface area contributed by atoms with Gasteiger partial charge in [-0.05, 0) is 49.8 Å². The fourth-order valence-corrected chi connectivity index (χ4v) is 7.49. The van der Waals surface area contributed by atoms with E-state index in [9.17, 15) is 19.2 Å². The average molecular weight is 1180 g/mol. The van der Waals surface area contributed by atoms with Crippen LogP contribution in [0.4, 0.5) is 17.7 Å². The summed E-state index contributed by atoms with van der Waals surface area (Å²) in [7, 11) is 0. The van der Waals surface area contributed by atoms with Gasteiger partial charge < -0.3 is 46.7 Å². The summed E-state index contributed by atoms with van der Waals surface area (Å²) in [5, 5.41) is 9.29. The fourth-order valence-electron chi connectivity index (χ4n) is 7.05. The summed E-state index contributed by atoms with van der Waals surface area (Å²) in [6, 6.07) is 21.0. The third-order valence-electron chi connectivity index (χ3n) is 9.76. The van der Waals surface area contributed by atoms with Crippen LogP contribution in [0, 0.1) is 0 Å². The van der Waals surface area contributed by atoms with E-state index in [1.807, 2.05) is 65.2 Å². The number of hydrogen-bond acceptors (Lipinski definition) is 17. The van der Waals surface area contributed by atoms with E-state index in [2.05, 4.69) is 29.6 Å². The van der Waals surface area contributed by atoms with Crippen LogP contribution < -0.4 is 159 Å². The van der Waals surface area contributed by atoms with Crippen LogP contribution in [0.5, 0.6) is 0 Å². The molecular formula is C43H50Cl2Cs2N8O10. The van der Waals surface area contributed by atoms with Crippen molar-refractivity contribution in [3.05, 3.63) is 99.4 Å². The summed E-state index contributed by atoms with van der Waals surface area (Å²) in [5.74, 6) is -0.668. The van der Waals surface area contributed by atoms with E-state index in [4.69, 9.17) is 54.2 Å². The molecule has 2 aliphatic rings. The quantitative estimate of drug-likeness (QED) is 0.0401. The number of rotatable bonds is 13. The molecule has 0 aliphatic heterocycles. The number of aldehydes is 1. The van der Waals surface area contributed by atoms with Crippen LogP contribution >= 0.6 is 23.2 Å². The molecule has 3 heterocycles. The molecule has 4 N–H and O–H groups in total. The molecule has 0 amide bonds. The second kappa shape index (κ2) is 31.7. The van der Waals surface area contributed by atoms with Crippen LogP contribution in [0.2, 0.25) is 10.3 Å². The predicted octanol–water partition coefficient (Wildman–Crippen LogP) is 0.281. The molecule has 65 heavy (non-hydrogen) atoms. The van der Waals surface area contributed by atoms with Gasteiger partial charge in [-0.15, -0.1) is 0 Å². The second-order valence-corrected chi connectivity index (χ2v) is 14.8. The van der Waals surface area contributed by atoms with Gasteiger partial charge in [-0.2, -0.15) is 9.97 Å². The van der Waals surface area contributed by atoms with Crippen molar-refractivity contribution in [1.82, 2.24) is 24.5 Å². The van der Waals surface area contributed by atoms with Crippen LogP contribution in [0.25, 0.3) is 11.0 Å². The third kappa shape index (κ3) is 19.0. The van der Waals surface area contributed by atoms with E-state index < -0.39 is 11.9 Å². The van der Waals surface area contributed by atoms with E-state index in [1.165, 1.54) is 6.92 Å².